The molecule has 2 aliphatic heterocycles. The predicted octanol–water partition coefficient (Wildman–Crippen LogP) is 2.17. The van der Waals surface area contributed by atoms with E-state index in [0.29, 0.717) is 5.75 Å². The van der Waals surface area contributed by atoms with Crippen LogP contribution in [0.5, 0.6) is 5.75 Å². The van der Waals surface area contributed by atoms with Crippen LogP contribution in [0.15, 0.2) is 12.1 Å². The lowest BCUT2D eigenvalue weighted by Gasteiger charge is -2.20. The van der Waals surface area contributed by atoms with Gasteiger partial charge in [0.25, 0.3) is 0 Å². The maximum atomic E-state index is 10.5. The Kier molecular flexibility index (Phi) is 4.13. The van der Waals surface area contributed by atoms with Crippen molar-refractivity contribution in [3.05, 3.63) is 23.3 Å². The van der Waals surface area contributed by atoms with Gasteiger partial charge in [0.15, 0.2) is 0 Å². The molecule has 110 valence electrons. The summed E-state index contributed by atoms with van der Waals surface area (Å²) in [6, 6.07) is 3.86. The van der Waals surface area contributed by atoms with Crippen LogP contribution in [0.2, 0.25) is 0 Å². The highest BCUT2D eigenvalue weighted by Gasteiger charge is 2.18. The summed E-state index contributed by atoms with van der Waals surface area (Å²) in [7, 11) is 0. The molecular weight excluding hydrogens is 250 g/mol. The van der Waals surface area contributed by atoms with Gasteiger partial charge in [0, 0.05) is 29.9 Å². The molecule has 2 heterocycles. The molecule has 4 heteroatoms. The quantitative estimate of drug-likeness (QED) is 0.653. The van der Waals surface area contributed by atoms with Crippen molar-refractivity contribution in [2.75, 3.05) is 31.9 Å². The monoisotopic (exact) mass is 275 g/mol. The topological polar surface area (TPSA) is 52.7 Å². The Morgan fingerprint density at radius 1 is 0.850 bits per heavy atom. The molecule has 2 fully saturated rings. The van der Waals surface area contributed by atoms with Crippen molar-refractivity contribution >= 4 is 5.69 Å². The maximum Gasteiger partial charge on any atom is 0.124 e. The number of nitrogen functional groups attached to an aromatic ring is 1. The van der Waals surface area contributed by atoms with Crippen LogP contribution in [0.25, 0.3) is 0 Å². The van der Waals surface area contributed by atoms with E-state index >= 15 is 0 Å². The number of aromatic hydroxyl groups is 1. The number of nitrogens with zero attached hydrogens (tertiary/aromatic N) is 2. The average molecular weight is 275 g/mol. The number of anilines is 1. The van der Waals surface area contributed by atoms with Crippen LogP contribution in [0, 0.1) is 0 Å². The zero-order valence-electron chi connectivity index (χ0n) is 12.1. The number of rotatable bonds is 4. The first-order chi connectivity index (χ1) is 9.72. The van der Waals surface area contributed by atoms with Crippen LogP contribution in [0.3, 0.4) is 0 Å². The van der Waals surface area contributed by atoms with Gasteiger partial charge in [-0.25, -0.2) is 0 Å². The Morgan fingerprint density at radius 2 is 1.25 bits per heavy atom. The Morgan fingerprint density at radius 3 is 1.65 bits per heavy atom. The first-order valence-corrected chi connectivity index (χ1v) is 7.77. The van der Waals surface area contributed by atoms with Gasteiger partial charge in [0.05, 0.1) is 0 Å². The molecule has 3 rings (SSSR count). The molecule has 0 aliphatic carbocycles. The zero-order chi connectivity index (χ0) is 13.9. The fraction of sp³-hybridized carbons (Fsp3) is 0.625. The summed E-state index contributed by atoms with van der Waals surface area (Å²) in [5.41, 5.74) is 8.77. The molecule has 0 amide bonds. The van der Waals surface area contributed by atoms with Gasteiger partial charge in [-0.05, 0) is 64.0 Å². The second-order valence-electron chi connectivity index (χ2n) is 6.15. The van der Waals surface area contributed by atoms with E-state index < -0.39 is 0 Å². The van der Waals surface area contributed by atoms with Crippen LogP contribution < -0.4 is 5.73 Å². The first kappa shape index (κ1) is 13.7. The van der Waals surface area contributed by atoms with Crippen LogP contribution in [-0.4, -0.2) is 41.1 Å². The lowest BCUT2D eigenvalue weighted by Crippen LogP contribution is -2.20. The summed E-state index contributed by atoms with van der Waals surface area (Å²) in [5.74, 6) is 0.456. The van der Waals surface area contributed by atoms with Gasteiger partial charge in [-0.1, -0.05) is 0 Å². The highest BCUT2D eigenvalue weighted by molar-refractivity contribution is 5.52. The van der Waals surface area contributed by atoms with Crippen molar-refractivity contribution in [1.29, 1.82) is 0 Å². The number of benzene rings is 1. The van der Waals surface area contributed by atoms with Crippen molar-refractivity contribution in [2.45, 2.75) is 38.8 Å². The molecule has 0 aromatic heterocycles. The van der Waals surface area contributed by atoms with E-state index in [1.54, 1.807) is 0 Å². The van der Waals surface area contributed by atoms with Gasteiger partial charge < -0.3 is 10.8 Å². The van der Waals surface area contributed by atoms with Gasteiger partial charge in [-0.15, -0.1) is 0 Å². The lowest BCUT2D eigenvalue weighted by molar-refractivity contribution is 0.312. The van der Waals surface area contributed by atoms with Gasteiger partial charge >= 0.3 is 0 Å². The minimum Gasteiger partial charge on any atom is -0.507 e. The third-order valence-electron chi connectivity index (χ3n) is 4.48. The van der Waals surface area contributed by atoms with E-state index in [9.17, 15) is 5.11 Å². The highest BCUT2D eigenvalue weighted by atomic mass is 16.3. The summed E-state index contributed by atoms with van der Waals surface area (Å²) in [6.45, 7) is 6.19. The summed E-state index contributed by atoms with van der Waals surface area (Å²) >= 11 is 0. The van der Waals surface area contributed by atoms with Gasteiger partial charge in [-0.3, -0.25) is 9.80 Å². The second-order valence-corrected chi connectivity index (χ2v) is 6.15. The van der Waals surface area contributed by atoms with E-state index in [1.807, 2.05) is 12.1 Å². The van der Waals surface area contributed by atoms with E-state index in [-0.39, 0.29) is 0 Å². The minimum atomic E-state index is 0.456. The first-order valence-electron chi connectivity index (χ1n) is 7.77. The standard InChI is InChI=1S/C16H25N3O/c17-15-9-13(11-18-5-1-2-6-18)16(20)14(10-15)12-19-7-3-4-8-19/h9-10,20H,1-8,11-12,17H2. The Bertz CT molecular complexity index is 424. The normalized spacial score (nSPS) is 20.8. The van der Waals surface area contributed by atoms with Crippen molar-refractivity contribution in [2.24, 2.45) is 0 Å². The molecule has 0 radical (unpaired) electrons. The molecule has 1 aromatic rings. The molecule has 0 spiro atoms. The molecule has 0 atom stereocenters. The van der Waals surface area contributed by atoms with Crippen LogP contribution in [-0.2, 0) is 13.1 Å². The van der Waals surface area contributed by atoms with E-state index in [1.165, 1.54) is 25.7 Å². The summed E-state index contributed by atoms with van der Waals surface area (Å²) in [6.07, 6.45) is 5.07. The largest absolute Gasteiger partial charge is 0.507 e. The fourth-order valence-electron chi connectivity index (χ4n) is 3.39. The minimum absolute atomic E-state index is 0.456. The van der Waals surface area contributed by atoms with Crippen molar-refractivity contribution < 1.29 is 5.11 Å². The van der Waals surface area contributed by atoms with Crippen LogP contribution >= 0.6 is 0 Å². The molecule has 1 aromatic carbocycles. The molecule has 3 N–H and O–H groups in total. The van der Waals surface area contributed by atoms with Gasteiger partial charge in [0.2, 0.25) is 0 Å². The third kappa shape index (κ3) is 3.07. The molecule has 0 saturated carbocycles. The second kappa shape index (κ2) is 6.02. The maximum absolute atomic E-state index is 10.5. The fourth-order valence-corrected chi connectivity index (χ4v) is 3.39. The van der Waals surface area contributed by atoms with E-state index in [0.717, 1.165) is 56.1 Å². The summed E-state index contributed by atoms with van der Waals surface area (Å²) < 4.78 is 0. The van der Waals surface area contributed by atoms with Crippen molar-refractivity contribution in [1.82, 2.24) is 9.80 Å². The number of hydrogen-bond donors (Lipinski definition) is 2. The summed E-state index contributed by atoms with van der Waals surface area (Å²) in [4.78, 5) is 4.79. The molecule has 20 heavy (non-hydrogen) atoms. The van der Waals surface area contributed by atoms with Gasteiger partial charge in [0.1, 0.15) is 5.75 Å². The number of nitrogens with two attached hydrogens (primary N) is 1. The third-order valence-corrected chi connectivity index (χ3v) is 4.48. The summed E-state index contributed by atoms with van der Waals surface area (Å²) in [5, 5.41) is 10.5. The Balaban J connectivity index is 1.76. The van der Waals surface area contributed by atoms with Crippen LogP contribution in [0.4, 0.5) is 5.69 Å². The van der Waals surface area contributed by atoms with Crippen LogP contribution in [0.1, 0.15) is 36.8 Å². The Hall–Kier alpha value is -1.26. The van der Waals surface area contributed by atoms with E-state index in [2.05, 4.69) is 9.80 Å². The predicted molar refractivity (Wildman–Crippen MR) is 81.5 cm³/mol. The molecular formula is C16H25N3O. The van der Waals surface area contributed by atoms with Crippen molar-refractivity contribution in [3.63, 3.8) is 0 Å². The SMILES string of the molecule is Nc1cc(CN2CCCC2)c(O)c(CN2CCCC2)c1. The highest BCUT2D eigenvalue weighted by Crippen LogP contribution is 2.30. The smallest absolute Gasteiger partial charge is 0.124 e. The number of hydrogen-bond acceptors (Lipinski definition) is 4. The lowest BCUT2D eigenvalue weighted by atomic mass is 10.1. The molecule has 2 saturated heterocycles. The van der Waals surface area contributed by atoms with Gasteiger partial charge in [-0.2, -0.15) is 0 Å². The molecule has 0 unspecified atom stereocenters. The number of likely N-dealkylation sites (tertiary alicyclic amines) is 2. The zero-order valence-corrected chi connectivity index (χ0v) is 12.1. The number of phenolic OH excluding ortho intramolecular Hbond substituents is 1. The number of phenols is 1. The van der Waals surface area contributed by atoms with E-state index in [4.69, 9.17) is 5.73 Å². The molecule has 0 bridgehead atoms. The Labute approximate surface area is 121 Å². The molecule has 2 aliphatic rings. The molecule has 4 nitrogen and oxygen atoms in total. The average Bonchev–Trinajstić information content (AvgIpc) is 3.08. The van der Waals surface area contributed by atoms with Crippen molar-refractivity contribution in [3.8, 4) is 5.75 Å².